The zero-order chi connectivity index (χ0) is 19.3. The van der Waals surface area contributed by atoms with Crippen molar-refractivity contribution in [2.24, 2.45) is 0 Å². The van der Waals surface area contributed by atoms with Gasteiger partial charge < -0.3 is 14.2 Å². The molecule has 4 rings (SSSR count). The molecule has 0 aliphatic heterocycles. The van der Waals surface area contributed by atoms with Crippen LogP contribution in [0.25, 0.3) is 5.69 Å². The van der Waals surface area contributed by atoms with Gasteiger partial charge >= 0.3 is 0 Å². The Balaban J connectivity index is 1.33. The average molecular weight is 396 g/mol. The molecule has 0 fully saturated rings. The third-order valence-electron chi connectivity index (χ3n) is 3.88. The van der Waals surface area contributed by atoms with E-state index in [1.165, 1.54) is 17.7 Å². The van der Waals surface area contributed by atoms with E-state index in [1.807, 2.05) is 29.6 Å². The normalized spacial score (nSPS) is 10.8. The number of aromatic nitrogens is 5. The summed E-state index contributed by atoms with van der Waals surface area (Å²) in [6.45, 7) is 0.590. The monoisotopic (exact) mass is 396 g/mol. The zero-order valence-electron chi connectivity index (χ0n) is 14.9. The van der Waals surface area contributed by atoms with Crippen molar-refractivity contribution < 1.29 is 14.1 Å². The first-order valence-electron chi connectivity index (χ1n) is 8.36. The molecule has 0 spiro atoms. The molecule has 3 aromatic heterocycles. The Bertz CT molecular complexity index is 1030. The molecule has 4 aromatic rings. The maximum atomic E-state index is 12.4. The molecule has 0 N–H and O–H groups in total. The summed E-state index contributed by atoms with van der Waals surface area (Å²) in [7, 11) is 1.70. The smallest absolute Gasteiger partial charge is 0.276 e. The molecule has 3 heterocycles. The summed E-state index contributed by atoms with van der Waals surface area (Å²) in [6, 6.07) is 8.97. The Morgan fingerprint density at radius 2 is 2.18 bits per heavy atom. The van der Waals surface area contributed by atoms with Crippen LogP contribution in [0.15, 0.2) is 59.1 Å². The minimum absolute atomic E-state index is 0.166. The van der Waals surface area contributed by atoms with Crippen LogP contribution in [-0.4, -0.2) is 42.8 Å². The van der Waals surface area contributed by atoms with E-state index in [2.05, 4.69) is 20.2 Å². The van der Waals surface area contributed by atoms with Gasteiger partial charge in [-0.15, -0.1) is 11.3 Å². The molecule has 28 heavy (non-hydrogen) atoms. The first kappa shape index (κ1) is 17.9. The van der Waals surface area contributed by atoms with Gasteiger partial charge in [-0.25, -0.2) is 14.6 Å². The lowest BCUT2D eigenvalue weighted by molar-refractivity contribution is 0.0774. The summed E-state index contributed by atoms with van der Waals surface area (Å²) >= 11 is 1.50. The van der Waals surface area contributed by atoms with Gasteiger partial charge in [-0.3, -0.25) is 4.79 Å². The van der Waals surface area contributed by atoms with Gasteiger partial charge in [0.05, 0.1) is 12.2 Å². The van der Waals surface area contributed by atoms with E-state index >= 15 is 0 Å². The fourth-order valence-corrected chi connectivity index (χ4v) is 3.14. The minimum atomic E-state index is -0.234. The molecule has 0 saturated carbocycles. The van der Waals surface area contributed by atoms with Crippen molar-refractivity contribution in [3.8, 4) is 11.4 Å². The molecule has 0 aliphatic rings. The lowest BCUT2D eigenvalue weighted by atomic mass is 10.3. The van der Waals surface area contributed by atoms with Gasteiger partial charge in [0.1, 0.15) is 30.0 Å². The highest BCUT2D eigenvalue weighted by atomic mass is 32.1. The molecular formula is C18H16N6O3S. The van der Waals surface area contributed by atoms with Gasteiger partial charge in [0, 0.05) is 24.7 Å². The van der Waals surface area contributed by atoms with Crippen LogP contribution < -0.4 is 4.74 Å². The number of benzene rings is 1. The van der Waals surface area contributed by atoms with Crippen molar-refractivity contribution in [2.45, 2.75) is 13.2 Å². The molecule has 0 aliphatic carbocycles. The number of hydrogen-bond acceptors (Lipinski definition) is 8. The Morgan fingerprint density at radius 1 is 1.32 bits per heavy atom. The Labute approximate surface area is 164 Å². The highest BCUT2D eigenvalue weighted by Crippen LogP contribution is 2.17. The van der Waals surface area contributed by atoms with E-state index in [4.69, 9.17) is 9.26 Å². The predicted octanol–water partition coefficient (Wildman–Crippen LogP) is 2.56. The van der Waals surface area contributed by atoms with Gasteiger partial charge in [0.25, 0.3) is 5.91 Å². The third-order valence-corrected chi connectivity index (χ3v) is 4.65. The molecule has 0 atom stereocenters. The van der Waals surface area contributed by atoms with Gasteiger partial charge in [-0.05, 0) is 24.3 Å². The van der Waals surface area contributed by atoms with E-state index in [9.17, 15) is 4.79 Å². The zero-order valence-corrected chi connectivity index (χ0v) is 15.7. The molecule has 0 radical (unpaired) electrons. The lowest BCUT2D eigenvalue weighted by Gasteiger charge is -2.13. The standard InChI is InChI=1S/C18H16N6O3S/c1-23(9-17-20-6-7-28-17)18(25)16-8-15(27-22-16)10-26-14-4-2-13(3-5-14)24-12-19-11-21-24/h2-8,11-12H,9-10H2,1H3. The second-order valence-electron chi connectivity index (χ2n) is 5.89. The fraction of sp³-hybridized carbons (Fsp3) is 0.167. The van der Waals surface area contributed by atoms with Crippen LogP contribution >= 0.6 is 11.3 Å². The SMILES string of the molecule is CN(Cc1nccs1)C(=O)c1cc(COc2ccc(-n3cncn3)cc2)on1. The maximum absolute atomic E-state index is 12.4. The molecule has 0 unspecified atom stereocenters. The van der Waals surface area contributed by atoms with Crippen LogP contribution in [0.1, 0.15) is 21.3 Å². The van der Waals surface area contributed by atoms with E-state index < -0.39 is 0 Å². The van der Waals surface area contributed by atoms with E-state index in [0.29, 0.717) is 18.1 Å². The Morgan fingerprint density at radius 3 is 2.89 bits per heavy atom. The van der Waals surface area contributed by atoms with Crippen molar-refractivity contribution in [3.05, 3.63) is 71.0 Å². The molecule has 9 nitrogen and oxygen atoms in total. The number of ether oxygens (including phenoxy) is 1. The van der Waals surface area contributed by atoms with Crippen LogP contribution in [0.3, 0.4) is 0 Å². The van der Waals surface area contributed by atoms with Crippen LogP contribution in [0, 0.1) is 0 Å². The first-order valence-corrected chi connectivity index (χ1v) is 9.24. The Kier molecular flexibility index (Phi) is 5.11. The van der Waals surface area contributed by atoms with Crippen molar-refractivity contribution >= 4 is 17.2 Å². The van der Waals surface area contributed by atoms with Gasteiger partial charge in [-0.1, -0.05) is 5.16 Å². The summed E-state index contributed by atoms with van der Waals surface area (Å²) in [4.78, 5) is 22.1. The average Bonchev–Trinajstić information content (AvgIpc) is 3.48. The second kappa shape index (κ2) is 8.01. The first-order chi connectivity index (χ1) is 13.7. The van der Waals surface area contributed by atoms with Gasteiger partial charge in [-0.2, -0.15) is 5.10 Å². The van der Waals surface area contributed by atoms with Crippen LogP contribution in [-0.2, 0) is 13.2 Å². The largest absolute Gasteiger partial charge is 0.486 e. The number of hydrogen-bond donors (Lipinski definition) is 0. The number of amides is 1. The van der Waals surface area contributed by atoms with Crippen molar-refractivity contribution in [1.29, 1.82) is 0 Å². The van der Waals surface area contributed by atoms with Gasteiger partial charge in [0.2, 0.25) is 0 Å². The van der Waals surface area contributed by atoms with E-state index in [-0.39, 0.29) is 18.2 Å². The third kappa shape index (κ3) is 4.07. The molecule has 0 bridgehead atoms. The number of carbonyl (C=O) groups is 1. The van der Waals surface area contributed by atoms with Crippen LogP contribution in [0.2, 0.25) is 0 Å². The number of nitrogens with zero attached hydrogens (tertiary/aromatic N) is 6. The van der Waals surface area contributed by atoms with Crippen molar-refractivity contribution in [1.82, 2.24) is 29.8 Å². The summed E-state index contributed by atoms with van der Waals surface area (Å²) in [5.74, 6) is 0.891. The fourth-order valence-electron chi connectivity index (χ4n) is 2.47. The molecule has 10 heteroatoms. The summed E-state index contributed by atoms with van der Waals surface area (Å²) in [6.07, 6.45) is 4.80. The Hall–Kier alpha value is -3.53. The summed E-state index contributed by atoms with van der Waals surface area (Å²) < 4.78 is 12.6. The van der Waals surface area contributed by atoms with Crippen molar-refractivity contribution in [2.75, 3.05) is 7.05 Å². The number of carbonyl (C=O) groups excluding carboxylic acids is 1. The highest BCUT2D eigenvalue weighted by Gasteiger charge is 2.18. The quantitative estimate of drug-likeness (QED) is 0.473. The summed E-state index contributed by atoms with van der Waals surface area (Å²) in [5.41, 5.74) is 1.11. The molecule has 1 aromatic carbocycles. The lowest BCUT2D eigenvalue weighted by Crippen LogP contribution is -2.26. The van der Waals surface area contributed by atoms with Crippen molar-refractivity contribution in [3.63, 3.8) is 0 Å². The van der Waals surface area contributed by atoms with E-state index in [0.717, 1.165) is 10.7 Å². The number of thiazole rings is 1. The number of rotatable bonds is 7. The molecule has 0 saturated heterocycles. The van der Waals surface area contributed by atoms with Crippen LogP contribution in [0.5, 0.6) is 5.75 Å². The second-order valence-corrected chi connectivity index (χ2v) is 6.87. The molecular weight excluding hydrogens is 380 g/mol. The summed E-state index contributed by atoms with van der Waals surface area (Å²) in [5, 5.41) is 10.6. The van der Waals surface area contributed by atoms with Crippen LogP contribution in [0.4, 0.5) is 0 Å². The predicted molar refractivity (Wildman–Crippen MR) is 100 cm³/mol. The van der Waals surface area contributed by atoms with Gasteiger partial charge in [0.15, 0.2) is 11.5 Å². The molecule has 1 amide bonds. The maximum Gasteiger partial charge on any atom is 0.276 e. The minimum Gasteiger partial charge on any atom is -0.486 e. The van der Waals surface area contributed by atoms with E-state index in [1.54, 1.807) is 35.2 Å². The highest BCUT2D eigenvalue weighted by molar-refractivity contribution is 7.09. The topological polar surface area (TPSA) is 99.2 Å². The molecule has 142 valence electrons.